The Kier molecular flexibility index (Phi) is 5.77. The molecule has 138 valence electrons. The first-order valence-electron chi connectivity index (χ1n) is 8.64. The van der Waals surface area contributed by atoms with Gasteiger partial charge in [-0.15, -0.1) is 0 Å². The minimum absolute atomic E-state index is 0.0600. The number of Topliss-reactive ketones (excluding diaryl/α,β-unsaturated/α-hetero) is 1. The number of benzene rings is 3. The summed E-state index contributed by atoms with van der Waals surface area (Å²) >= 11 is 6.08. The molecule has 0 aliphatic carbocycles. The summed E-state index contributed by atoms with van der Waals surface area (Å²) in [6, 6.07) is 16.9. The number of anilines is 1. The molecule has 0 aromatic heterocycles. The van der Waals surface area contributed by atoms with Crippen LogP contribution in [0.1, 0.15) is 28.8 Å². The van der Waals surface area contributed by atoms with Gasteiger partial charge in [0.1, 0.15) is 5.75 Å². The van der Waals surface area contributed by atoms with Gasteiger partial charge in [-0.25, -0.2) is 0 Å². The molecular formula is C22H20ClNO3. The average molecular weight is 382 g/mol. The van der Waals surface area contributed by atoms with Crippen molar-refractivity contribution in [1.82, 2.24) is 0 Å². The van der Waals surface area contributed by atoms with Crippen LogP contribution in [-0.4, -0.2) is 18.8 Å². The maximum absolute atomic E-state index is 12.4. The van der Waals surface area contributed by atoms with Crippen molar-refractivity contribution >= 4 is 39.8 Å². The summed E-state index contributed by atoms with van der Waals surface area (Å²) in [7, 11) is 1.51. The Balaban J connectivity index is 1.64. The van der Waals surface area contributed by atoms with Crippen LogP contribution in [0.4, 0.5) is 5.69 Å². The standard InChI is InChI=1S/C22H20ClNO3/c1-14-11-19(21(27-2)13-18(14)23)24-22(26)10-9-20(25)17-8-7-15-5-3-4-6-16(15)12-17/h3-8,11-13H,9-10H2,1-2H3,(H,24,26). The molecule has 1 amide bonds. The molecule has 5 heteroatoms. The molecule has 0 spiro atoms. The highest BCUT2D eigenvalue weighted by atomic mass is 35.5. The number of methoxy groups -OCH3 is 1. The fraction of sp³-hybridized carbons (Fsp3) is 0.182. The number of hydrogen-bond acceptors (Lipinski definition) is 3. The van der Waals surface area contributed by atoms with Crippen LogP contribution in [0.2, 0.25) is 5.02 Å². The second-order valence-corrected chi connectivity index (χ2v) is 6.74. The van der Waals surface area contributed by atoms with E-state index in [1.54, 1.807) is 18.2 Å². The minimum atomic E-state index is -0.246. The highest BCUT2D eigenvalue weighted by Gasteiger charge is 2.13. The first-order valence-corrected chi connectivity index (χ1v) is 9.01. The number of hydrogen-bond donors (Lipinski definition) is 1. The molecule has 0 saturated carbocycles. The molecule has 0 bridgehead atoms. The van der Waals surface area contributed by atoms with E-state index in [0.29, 0.717) is 22.0 Å². The number of amides is 1. The van der Waals surface area contributed by atoms with Gasteiger partial charge in [-0.1, -0.05) is 48.0 Å². The monoisotopic (exact) mass is 381 g/mol. The Morgan fingerprint density at radius 2 is 1.74 bits per heavy atom. The maximum atomic E-state index is 12.4. The molecule has 3 rings (SSSR count). The van der Waals surface area contributed by atoms with Gasteiger partial charge in [-0.3, -0.25) is 9.59 Å². The van der Waals surface area contributed by atoms with Gasteiger partial charge < -0.3 is 10.1 Å². The van der Waals surface area contributed by atoms with E-state index >= 15 is 0 Å². The Morgan fingerprint density at radius 1 is 1.00 bits per heavy atom. The Labute approximate surface area is 163 Å². The topological polar surface area (TPSA) is 55.4 Å². The van der Waals surface area contributed by atoms with E-state index in [4.69, 9.17) is 16.3 Å². The lowest BCUT2D eigenvalue weighted by molar-refractivity contribution is -0.116. The van der Waals surface area contributed by atoms with Crippen LogP contribution in [0.25, 0.3) is 10.8 Å². The molecular weight excluding hydrogens is 362 g/mol. The number of fused-ring (bicyclic) bond motifs is 1. The zero-order valence-corrected chi connectivity index (χ0v) is 16.0. The summed E-state index contributed by atoms with van der Waals surface area (Å²) < 4.78 is 5.25. The third-order valence-electron chi connectivity index (χ3n) is 4.41. The van der Waals surface area contributed by atoms with E-state index in [-0.39, 0.29) is 24.5 Å². The summed E-state index contributed by atoms with van der Waals surface area (Å²) in [6.45, 7) is 1.85. The fourth-order valence-corrected chi connectivity index (χ4v) is 3.03. The summed E-state index contributed by atoms with van der Waals surface area (Å²) in [6.07, 6.45) is 0.232. The first-order chi connectivity index (χ1) is 13.0. The summed E-state index contributed by atoms with van der Waals surface area (Å²) in [5.74, 6) is 0.180. The number of nitrogens with one attached hydrogen (secondary N) is 1. The molecule has 0 aliphatic heterocycles. The van der Waals surface area contributed by atoms with Crippen LogP contribution < -0.4 is 10.1 Å². The highest BCUT2D eigenvalue weighted by Crippen LogP contribution is 2.31. The SMILES string of the molecule is COc1cc(Cl)c(C)cc1NC(=O)CCC(=O)c1ccc2ccccc2c1. The number of halogens is 1. The van der Waals surface area contributed by atoms with Crippen LogP contribution >= 0.6 is 11.6 Å². The Morgan fingerprint density at radius 3 is 2.48 bits per heavy atom. The van der Waals surface area contributed by atoms with Crippen LogP contribution in [0.3, 0.4) is 0 Å². The third kappa shape index (κ3) is 4.47. The number of ketones is 1. The van der Waals surface area contributed by atoms with Gasteiger partial charge in [0.15, 0.2) is 5.78 Å². The van der Waals surface area contributed by atoms with Gasteiger partial charge in [0.05, 0.1) is 12.8 Å². The lowest BCUT2D eigenvalue weighted by Crippen LogP contribution is -2.14. The van der Waals surface area contributed by atoms with Crippen molar-refractivity contribution in [1.29, 1.82) is 0 Å². The van der Waals surface area contributed by atoms with Gasteiger partial charge in [0.25, 0.3) is 0 Å². The van der Waals surface area contributed by atoms with Crippen molar-refractivity contribution in [2.75, 3.05) is 12.4 Å². The number of ether oxygens (including phenoxy) is 1. The van der Waals surface area contributed by atoms with E-state index in [9.17, 15) is 9.59 Å². The zero-order valence-electron chi connectivity index (χ0n) is 15.2. The number of carbonyl (C=O) groups is 2. The molecule has 0 fully saturated rings. The molecule has 0 atom stereocenters. The van der Waals surface area contributed by atoms with E-state index < -0.39 is 0 Å². The van der Waals surface area contributed by atoms with Crippen molar-refractivity contribution in [3.63, 3.8) is 0 Å². The summed E-state index contributed by atoms with van der Waals surface area (Å²) in [4.78, 5) is 24.7. The van der Waals surface area contributed by atoms with Gasteiger partial charge in [0, 0.05) is 29.5 Å². The first kappa shape index (κ1) is 18.9. The maximum Gasteiger partial charge on any atom is 0.224 e. The predicted octanol–water partition coefficient (Wildman–Crippen LogP) is 5.41. The zero-order chi connectivity index (χ0) is 19.4. The van der Waals surface area contributed by atoms with Gasteiger partial charge in [-0.05, 0) is 35.4 Å². The molecule has 1 N–H and O–H groups in total. The van der Waals surface area contributed by atoms with Gasteiger partial charge in [0.2, 0.25) is 5.91 Å². The van der Waals surface area contributed by atoms with E-state index in [1.165, 1.54) is 7.11 Å². The van der Waals surface area contributed by atoms with Gasteiger partial charge in [-0.2, -0.15) is 0 Å². The van der Waals surface area contributed by atoms with Crippen molar-refractivity contribution in [2.45, 2.75) is 19.8 Å². The van der Waals surface area contributed by atoms with E-state index in [0.717, 1.165) is 16.3 Å². The van der Waals surface area contributed by atoms with E-state index in [2.05, 4.69) is 5.32 Å². The fourth-order valence-electron chi connectivity index (χ4n) is 2.88. The van der Waals surface area contributed by atoms with Crippen LogP contribution in [0.5, 0.6) is 5.75 Å². The van der Waals surface area contributed by atoms with Crippen LogP contribution in [-0.2, 0) is 4.79 Å². The Bertz CT molecular complexity index is 1010. The molecule has 0 aliphatic rings. The van der Waals surface area contributed by atoms with Crippen molar-refractivity contribution in [3.8, 4) is 5.75 Å². The van der Waals surface area contributed by atoms with Gasteiger partial charge >= 0.3 is 0 Å². The molecule has 27 heavy (non-hydrogen) atoms. The predicted molar refractivity (Wildman–Crippen MR) is 109 cm³/mol. The number of carbonyl (C=O) groups excluding carboxylic acids is 2. The normalized spacial score (nSPS) is 10.6. The quantitative estimate of drug-likeness (QED) is 0.580. The largest absolute Gasteiger partial charge is 0.495 e. The highest BCUT2D eigenvalue weighted by molar-refractivity contribution is 6.31. The lowest BCUT2D eigenvalue weighted by Gasteiger charge is -2.12. The lowest BCUT2D eigenvalue weighted by atomic mass is 10.0. The molecule has 4 nitrogen and oxygen atoms in total. The van der Waals surface area contributed by atoms with Crippen LogP contribution in [0, 0.1) is 6.92 Å². The molecule has 0 saturated heterocycles. The smallest absolute Gasteiger partial charge is 0.224 e. The minimum Gasteiger partial charge on any atom is -0.495 e. The second kappa shape index (κ2) is 8.23. The molecule has 0 radical (unpaired) electrons. The van der Waals surface area contributed by atoms with E-state index in [1.807, 2.05) is 43.3 Å². The third-order valence-corrected chi connectivity index (χ3v) is 4.81. The summed E-state index contributed by atoms with van der Waals surface area (Å²) in [5.41, 5.74) is 1.99. The van der Waals surface area contributed by atoms with Crippen molar-refractivity contribution in [2.24, 2.45) is 0 Å². The van der Waals surface area contributed by atoms with Crippen LogP contribution in [0.15, 0.2) is 54.6 Å². The second-order valence-electron chi connectivity index (χ2n) is 6.33. The average Bonchev–Trinajstić information content (AvgIpc) is 2.68. The molecule has 3 aromatic carbocycles. The molecule has 0 heterocycles. The molecule has 3 aromatic rings. The summed E-state index contributed by atoms with van der Waals surface area (Å²) in [5, 5.41) is 5.45. The van der Waals surface area contributed by atoms with Crippen molar-refractivity contribution in [3.05, 3.63) is 70.7 Å². The van der Waals surface area contributed by atoms with Crippen molar-refractivity contribution < 1.29 is 14.3 Å². The number of rotatable bonds is 6. The number of aryl methyl sites for hydroxylation is 1. The molecule has 0 unspecified atom stereocenters. The Hall–Kier alpha value is -2.85.